The van der Waals surface area contributed by atoms with Crippen LogP contribution < -0.4 is 5.32 Å². The Morgan fingerprint density at radius 1 is 1.00 bits per heavy atom. The molecule has 0 unspecified atom stereocenters. The van der Waals surface area contributed by atoms with Crippen molar-refractivity contribution in [1.29, 1.82) is 0 Å². The van der Waals surface area contributed by atoms with Crippen molar-refractivity contribution in [1.82, 2.24) is 0 Å². The Balaban J connectivity index is 2.26. The minimum Gasteiger partial charge on any atom is -0.385 e. The normalized spacial score (nSPS) is 11.7. The predicted octanol–water partition coefficient (Wildman–Crippen LogP) is 4.76. The highest BCUT2D eigenvalue weighted by molar-refractivity contribution is 8.14. The van der Waals surface area contributed by atoms with Gasteiger partial charge in [0.25, 0.3) is 9.05 Å². The highest BCUT2D eigenvalue weighted by Gasteiger charge is 2.14. The van der Waals surface area contributed by atoms with Gasteiger partial charge in [0.05, 0.1) is 4.90 Å². The number of hydrogen-bond donors (Lipinski definition) is 1. The Bertz CT molecular complexity index is 713. The summed E-state index contributed by atoms with van der Waals surface area (Å²) in [4.78, 5) is 0.163. The largest absolute Gasteiger partial charge is 0.385 e. The molecule has 0 saturated heterocycles. The van der Waals surface area contributed by atoms with Crippen molar-refractivity contribution >= 4 is 36.2 Å². The lowest BCUT2D eigenvalue weighted by Crippen LogP contribution is -2.02. The number of benzene rings is 2. The predicted molar refractivity (Wildman–Crippen MR) is 89.6 cm³/mol. The van der Waals surface area contributed by atoms with Crippen LogP contribution in [0.25, 0.3) is 10.8 Å². The van der Waals surface area contributed by atoms with E-state index in [2.05, 4.69) is 12.2 Å². The molecule has 0 fully saturated rings. The van der Waals surface area contributed by atoms with Crippen LogP contribution in [0.2, 0.25) is 0 Å². The molecule has 0 saturated carbocycles. The summed E-state index contributed by atoms with van der Waals surface area (Å²) in [5, 5.41) is 4.93. The van der Waals surface area contributed by atoms with Crippen molar-refractivity contribution in [3.8, 4) is 0 Å². The first-order valence-corrected chi connectivity index (χ1v) is 9.55. The quantitative estimate of drug-likeness (QED) is 0.589. The third-order valence-corrected chi connectivity index (χ3v) is 4.87. The van der Waals surface area contributed by atoms with E-state index in [1.54, 1.807) is 12.1 Å². The monoisotopic (exact) mass is 325 g/mol. The van der Waals surface area contributed by atoms with Gasteiger partial charge >= 0.3 is 0 Å². The SMILES string of the molecule is CCCCCCNc1cccc2c(S(=O)(=O)Cl)cccc12. The van der Waals surface area contributed by atoms with Gasteiger partial charge < -0.3 is 5.32 Å². The Morgan fingerprint density at radius 3 is 2.43 bits per heavy atom. The van der Waals surface area contributed by atoms with E-state index >= 15 is 0 Å². The van der Waals surface area contributed by atoms with Gasteiger partial charge in [-0.3, -0.25) is 0 Å². The van der Waals surface area contributed by atoms with E-state index in [0.717, 1.165) is 24.0 Å². The van der Waals surface area contributed by atoms with Gasteiger partial charge in [0.2, 0.25) is 0 Å². The van der Waals surface area contributed by atoms with E-state index in [4.69, 9.17) is 10.7 Å². The standard InChI is InChI=1S/C16H20ClNO2S/c1-2-3-4-5-12-18-15-10-6-9-14-13(15)8-7-11-16(14)21(17,19)20/h6-11,18H,2-5,12H2,1H3. The van der Waals surface area contributed by atoms with Crippen molar-refractivity contribution in [3.63, 3.8) is 0 Å². The maximum Gasteiger partial charge on any atom is 0.261 e. The van der Waals surface area contributed by atoms with E-state index in [1.807, 2.05) is 18.2 Å². The minimum atomic E-state index is -3.73. The Labute approximate surface area is 130 Å². The lowest BCUT2D eigenvalue weighted by molar-refractivity contribution is 0.610. The average Bonchev–Trinajstić information content (AvgIpc) is 2.45. The van der Waals surface area contributed by atoms with E-state index in [0.29, 0.717) is 5.39 Å². The van der Waals surface area contributed by atoms with Crippen molar-refractivity contribution < 1.29 is 8.42 Å². The Kier molecular flexibility index (Phi) is 5.48. The molecule has 0 aliphatic rings. The maximum absolute atomic E-state index is 11.6. The summed E-state index contributed by atoms with van der Waals surface area (Å²) in [6, 6.07) is 10.8. The van der Waals surface area contributed by atoms with Gasteiger partial charge in [-0.1, -0.05) is 50.5 Å². The van der Waals surface area contributed by atoms with E-state index in [-0.39, 0.29) is 4.90 Å². The second-order valence-electron chi connectivity index (χ2n) is 5.08. The summed E-state index contributed by atoms with van der Waals surface area (Å²) >= 11 is 0. The molecular formula is C16H20ClNO2S. The van der Waals surface area contributed by atoms with Crippen molar-refractivity contribution in [2.45, 2.75) is 37.5 Å². The first kappa shape index (κ1) is 16.1. The molecule has 2 rings (SSSR count). The summed E-state index contributed by atoms with van der Waals surface area (Å²) in [7, 11) is 1.77. The molecule has 0 aliphatic heterocycles. The van der Waals surface area contributed by atoms with Crippen LogP contribution in [-0.4, -0.2) is 15.0 Å². The molecule has 0 aliphatic carbocycles. The molecule has 0 bridgehead atoms. The van der Waals surface area contributed by atoms with Crippen LogP contribution in [0.1, 0.15) is 32.6 Å². The van der Waals surface area contributed by atoms with Gasteiger partial charge in [-0.15, -0.1) is 0 Å². The number of nitrogens with one attached hydrogen (secondary N) is 1. The fourth-order valence-corrected chi connectivity index (χ4v) is 3.51. The van der Waals surface area contributed by atoms with Gasteiger partial charge in [-0.05, 0) is 18.6 Å². The van der Waals surface area contributed by atoms with E-state index in [9.17, 15) is 8.42 Å². The van der Waals surface area contributed by atoms with Crippen molar-refractivity contribution in [3.05, 3.63) is 36.4 Å². The van der Waals surface area contributed by atoms with Gasteiger partial charge in [0, 0.05) is 33.7 Å². The molecule has 3 nitrogen and oxygen atoms in total. The second-order valence-corrected chi connectivity index (χ2v) is 7.62. The molecule has 2 aromatic rings. The summed E-state index contributed by atoms with van der Waals surface area (Å²) in [5.74, 6) is 0. The molecule has 1 N–H and O–H groups in total. The molecule has 0 aromatic heterocycles. The molecule has 2 aromatic carbocycles. The van der Waals surface area contributed by atoms with Crippen LogP contribution in [0.5, 0.6) is 0 Å². The maximum atomic E-state index is 11.6. The molecule has 0 radical (unpaired) electrons. The highest BCUT2D eigenvalue weighted by Crippen LogP contribution is 2.30. The fraction of sp³-hybridized carbons (Fsp3) is 0.375. The smallest absolute Gasteiger partial charge is 0.261 e. The first-order chi connectivity index (χ1) is 10.0. The number of hydrogen-bond acceptors (Lipinski definition) is 3. The topological polar surface area (TPSA) is 46.2 Å². The molecule has 0 heterocycles. The molecule has 0 atom stereocenters. The van der Waals surface area contributed by atoms with Gasteiger partial charge in [0.1, 0.15) is 0 Å². The Morgan fingerprint density at radius 2 is 1.71 bits per heavy atom. The van der Waals surface area contributed by atoms with Gasteiger partial charge in [-0.2, -0.15) is 0 Å². The number of fused-ring (bicyclic) bond motifs is 1. The number of unbranched alkanes of at least 4 members (excludes halogenated alkanes) is 3. The molecule has 114 valence electrons. The lowest BCUT2D eigenvalue weighted by atomic mass is 10.1. The average molecular weight is 326 g/mol. The summed E-state index contributed by atoms with van der Waals surface area (Å²) in [6.07, 6.45) is 4.77. The third kappa shape index (κ3) is 4.11. The van der Waals surface area contributed by atoms with Crippen LogP contribution in [0.15, 0.2) is 41.3 Å². The molecule has 0 spiro atoms. The zero-order chi connectivity index (χ0) is 15.3. The van der Waals surface area contributed by atoms with Crippen LogP contribution in [0.3, 0.4) is 0 Å². The van der Waals surface area contributed by atoms with Gasteiger partial charge in [-0.25, -0.2) is 8.42 Å². The van der Waals surface area contributed by atoms with Crippen LogP contribution in [0, 0.1) is 0 Å². The molecule has 0 amide bonds. The van der Waals surface area contributed by atoms with Gasteiger partial charge in [0.15, 0.2) is 0 Å². The number of anilines is 1. The number of halogens is 1. The number of rotatable bonds is 7. The molecule has 21 heavy (non-hydrogen) atoms. The Hall–Kier alpha value is -1.26. The molecular weight excluding hydrogens is 306 g/mol. The minimum absolute atomic E-state index is 0.163. The van der Waals surface area contributed by atoms with Crippen LogP contribution >= 0.6 is 10.7 Å². The summed E-state index contributed by atoms with van der Waals surface area (Å²) in [6.45, 7) is 3.07. The van der Waals surface area contributed by atoms with E-state index < -0.39 is 9.05 Å². The molecule has 5 heteroatoms. The lowest BCUT2D eigenvalue weighted by Gasteiger charge is -2.11. The highest BCUT2D eigenvalue weighted by atomic mass is 35.7. The zero-order valence-corrected chi connectivity index (χ0v) is 13.7. The summed E-state index contributed by atoms with van der Waals surface area (Å²) in [5.41, 5.74) is 0.950. The fourth-order valence-electron chi connectivity index (χ4n) is 2.42. The van der Waals surface area contributed by atoms with Crippen LogP contribution in [-0.2, 0) is 9.05 Å². The second kappa shape index (κ2) is 7.14. The summed E-state index contributed by atoms with van der Waals surface area (Å²) < 4.78 is 23.3. The van der Waals surface area contributed by atoms with Crippen molar-refractivity contribution in [2.75, 3.05) is 11.9 Å². The zero-order valence-electron chi connectivity index (χ0n) is 12.1. The first-order valence-electron chi connectivity index (χ1n) is 7.24. The van der Waals surface area contributed by atoms with Crippen LogP contribution in [0.4, 0.5) is 5.69 Å². The van der Waals surface area contributed by atoms with Crippen molar-refractivity contribution in [2.24, 2.45) is 0 Å². The third-order valence-electron chi connectivity index (χ3n) is 3.49. The van der Waals surface area contributed by atoms with E-state index in [1.165, 1.54) is 25.3 Å².